The third kappa shape index (κ3) is 2.88. The van der Waals surface area contributed by atoms with E-state index >= 15 is 0 Å². The van der Waals surface area contributed by atoms with Gasteiger partial charge in [-0.15, -0.1) is 0 Å². The lowest BCUT2D eigenvalue weighted by Crippen LogP contribution is -2.30. The van der Waals surface area contributed by atoms with Crippen LogP contribution in [0.25, 0.3) is 0 Å². The molecule has 1 aliphatic heterocycles. The highest BCUT2D eigenvalue weighted by atomic mass is 15.1. The van der Waals surface area contributed by atoms with Gasteiger partial charge in [0.1, 0.15) is 0 Å². The summed E-state index contributed by atoms with van der Waals surface area (Å²) in [5.41, 5.74) is 2.31. The van der Waals surface area contributed by atoms with E-state index in [1.807, 2.05) is 0 Å². The van der Waals surface area contributed by atoms with Crippen LogP contribution in [0.15, 0.2) is 11.6 Å². The Balaban J connectivity index is 2.03. The van der Waals surface area contributed by atoms with Crippen molar-refractivity contribution in [3.8, 4) is 0 Å². The van der Waals surface area contributed by atoms with E-state index < -0.39 is 0 Å². The second-order valence-corrected chi connectivity index (χ2v) is 6.07. The predicted octanol–water partition coefficient (Wildman–Crippen LogP) is 4.00. The molecule has 0 bridgehead atoms. The molecule has 1 nitrogen and oxygen atoms in total. The molecule has 0 spiro atoms. The van der Waals surface area contributed by atoms with Crippen molar-refractivity contribution in [3.63, 3.8) is 0 Å². The second-order valence-electron chi connectivity index (χ2n) is 6.07. The Morgan fingerprint density at radius 1 is 1.06 bits per heavy atom. The molecule has 0 atom stereocenters. The maximum Gasteiger partial charge on any atom is 0.0163 e. The summed E-state index contributed by atoms with van der Waals surface area (Å²) in [6.45, 7) is 4.96. The van der Waals surface area contributed by atoms with Gasteiger partial charge in [-0.25, -0.2) is 0 Å². The lowest BCUT2D eigenvalue weighted by molar-refractivity contribution is 0.257. The van der Waals surface area contributed by atoms with Gasteiger partial charge in [-0.2, -0.15) is 0 Å². The first kappa shape index (κ1) is 12.2. The first-order valence-corrected chi connectivity index (χ1v) is 7.09. The third-order valence-corrected chi connectivity index (χ3v) is 4.64. The van der Waals surface area contributed by atoms with Crippen LogP contribution in [0.4, 0.5) is 0 Å². The third-order valence-electron chi connectivity index (χ3n) is 4.64. The molecule has 0 radical (unpaired) electrons. The minimum Gasteiger partial charge on any atom is -0.302 e. The van der Waals surface area contributed by atoms with Gasteiger partial charge in [0.15, 0.2) is 0 Å². The van der Waals surface area contributed by atoms with Gasteiger partial charge in [0.25, 0.3) is 0 Å². The van der Waals surface area contributed by atoms with Crippen molar-refractivity contribution < 1.29 is 0 Å². The number of hydrogen-bond donors (Lipinski definition) is 0. The first-order valence-electron chi connectivity index (χ1n) is 7.09. The summed E-state index contributed by atoms with van der Waals surface area (Å²) >= 11 is 0. The monoisotopic (exact) mass is 221 g/mol. The van der Waals surface area contributed by atoms with Crippen molar-refractivity contribution in [3.05, 3.63) is 11.6 Å². The Bertz CT molecular complexity index is 246. The number of nitrogens with zero attached hydrogens (tertiary/aromatic N) is 1. The zero-order valence-corrected chi connectivity index (χ0v) is 11.1. The summed E-state index contributed by atoms with van der Waals surface area (Å²) in [6.07, 6.45) is 14.0. The smallest absolute Gasteiger partial charge is 0.0163 e. The van der Waals surface area contributed by atoms with E-state index in [1.165, 1.54) is 64.5 Å². The lowest BCUT2D eigenvalue weighted by atomic mass is 9.70. The van der Waals surface area contributed by atoms with E-state index in [0.29, 0.717) is 5.41 Å². The van der Waals surface area contributed by atoms with Crippen molar-refractivity contribution in [2.75, 3.05) is 20.1 Å². The largest absolute Gasteiger partial charge is 0.302 e. The van der Waals surface area contributed by atoms with Crippen LogP contribution in [-0.2, 0) is 0 Å². The molecule has 0 unspecified atom stereocenters. The van der Waals surface area contributed by atoms with Gasteiger partial charge in [-0.05, 0) is 31.7 Å². The quantitative estimate of drug-likeness (QED) is 0.605. The van der Waals surface area contributed by atoms with Gasteiger partial charge in [0.05, 0.1) is 0 Å². The zero-order valence-electron chi connectivity index (χ0n) is 11.1. The summed E-state index contributed by atoms with van der Waals surface area (Å²) in [5, 5.41) is 0. The summed E-state index contributed by atoms with van der Waals surface area (Å²) in [7, 11) is 2.23. The number of rotatable bonds is 1. The zero-order chi connectivity index (χ0) is 11.4. The molecule has 0 aromatic carbocycles. The Kier molecular flexibility index (Phi) is 4.07. The molecule has 92 valence electrons. The Morgan fingerprint density at radius 3 is 2.25 bits per heavy atom. The fourth-order valence-corrected chi connectivity index (χ4v) is 3.33. The molecule has 16 heavy (non-hydrogen) atoms. The molecular weight excluding hydrogens is 194 g/mol. The molecule has 0 aromatic rings. The molecule has 0 aromatic heterocycles. The van der Waals surface area contributed by atoms with Crippen molar-refractivity contribution in [2.24, 2.45) is 5.41 Å². The minimum atomic E-state index is 0.543. The molecule has 0 amide bonds. The average Bonchev–Trinajstić information content (AvgIpc) is 2.25. The van der Waals surface area contributed by atoms with Crippen LogP contribution in [0.1, 0.15) is 58.3 Å². The first-order chi connectivity index (χ1) is 7.71. The highest BCUT2D eigenvalue weighted by Crippen LogP contribution is 2.42. The van der Waals surface area contributed by atoms with E-state index in [4.69, 9.17) is 0 Å². The van der Waals surface area contributed by atoms with Crippen LogP contribution in [0.2, 0.25) is 0 Å². The summed E-state index contributed by atoms with van der Waals surface area (Å²) < 4.78 is 0. The van der Waals surface area contributed by atoms with Crippen LogP contribution in [-0.4, -0.2) is 25.0 Å². The summed E-state index contributed by atoms with van der Waals surface area (Å²) in [4.78, 5) is 2.43. The maximum atomic E-state index is 2.52. The van der Waals surface area contributed by atoms with Gasteiger partial charge in [0, 0.05) is 13.1 Å². The van der Waals surface area contributed by atoms with Crippen molar-refractivity contribution >= 4 is 0 Å². The molecule has 2 rings (SSSR count). The van der Waals surface area contributed by atoms with Crippen molar-refractivity contribution in [1.29, 1.82) is 0 Å². The second kappa shape index (κ2) is 5.35. The molecule has 0 N–H and O–H groups in total. The van der Waals surface area contributed by atoms with Crippen LogP contribution in [0.3, 0.4) is 0 Å². The normalized spacial score (nSPS) is 28.0. The summed E-state index contributed by atoms with van der Waals surface area (Å²) in [5.74, 6) is 0. The number of hydrogen-bond acceptors (Lipinski definition) is 1. The van der Waals surface area contributed by atoms with Crippen molar-refractivity contribution in [1.82, 2.24) is 4.90 Å². The molecule has 2 aliphatic rings. The SMILES string of the molecule is CN1CC=C(C2(C)CCCCCCC2)CC1. The van der Waals surface area contributed by atoms with E-state index in [2.05, 4.69) is 24.9 Å². The van der Waals surface area contributed by atoms with E-state index in [-0.39, 0.29) is 0 Å². The molecule has 1 fully saturated rings. The Labute approximate surface area is 101 Å². The van der Waals surface area contributed by atoms with Gasteiger partial charge >= 0.3 is 0 Å². The lowest BCUT2D eigenvalue weighted by Gasteiger charge is -2.37. The van der Waals surface area contributed by atoms with E-state index in [1.54, 1.807) is 5.57 Å². The van der Waals surface area contributed by atoms with Gasteiger partial charge in [-0.1, -0.05) is 50.7 Å². The van der Waals surface area contributed by atoms with Gasteiger partial charge < -0.3 is 4.90 Å². The Hall–Kier alpha value is -0.300. The predicted molar refractivity (Wildman–Crippen MR) is 70.6 cm³/mol. The van der Waals surface area contributed by atoms with Crippen molar-refractivity contribution in [2.45, 2.75) is 58.3 Å². The molecular formula is C15H27N. The standard InChI is InChI=1S/C15H27N/c1-15(10-6-4-3-5-7-11-15)14-8-12-16(2)13-9-14/h8H,3-7,9-13H2,1-2H3. The Morgan fingerprint density at radius 2 is 1.69 bits per heavy atom. The van der Waals surface area contributed by atoms with Crippen LogP contribution in [0, 0.1) is 5.41 Å². The number of likely N-dealkylation sites (N-methyl/N-ethyl adjacent to an activating group) is 1. The topological polar surface area (TPSA) is 3.24 Å². The minimum absolute atomic E-state index is 0.543. The maximum absolute atomic E-state index is 2.52. The highest BCUT2D eigenvalue weighted by Gasteiger charge is 2.29. The van der Waals surface area contributed by atoms with Crippen LogP contribution >= 0.6 is 0 Å². The summed E-state index contributed by atoms with van der Waals surface area (Å²) in [6, 6.07) is 0. The molecule has 1 aliphatic carbocycles. The molecule has 1 heterocycles. The molecule has 1 saturated carbocycles. The molecule has 1 heteroatoms. The van der Waals surface area contributed by atoms with Crippen LogP contribution < -0.4 is 0 Å². The fraction of sp³-hybridized carbons (Fsp3) is 0.867. The fourth-order valence-electron chi connectivity index (χ4n) is 3.33. The van der Waals surface area contributed by atoms with E-state index in [0.717, 1.165) is 0 Å². The van der Waals surface area contributed by atoms with Gasteiger partial charge in [0.2, 0.25) is 0 Å². The average molecular weight is 221 g/mol. The van der Waals surface area contributed by atoms with E-state index in [9.17, 15) is 0 Å². The highest BCUT2D eigenvalue weighted by molar-refractivity contribution is 5.17. The van der Waals surface area contributed by atoms with Gasteiger partial charge in [-0.3, -0.25) is 0 Å². The van der Waals surface area contributed by atoms with Crippen LogP contribution in [0.5, 0.6) is 0 Å². The molecule has 0 saturated heterocycles.